The van der Waals surface area contributed by atoms with Gasteiger partial charge in [0.1, 0.15) is 5.69 Å². The summed E-state index contributed by atoms with van der Waals surface area (Å²) in [7, 11) is 2.90. The van der Waals surface area contributed by atoms with E-state index in [-0.39, 0.29) is 17.6 Å². The average Bonchev–Trinajstić information content (AvgIpc) is 3.14. The Balaban J connectivity index is 1.87. The van der Waals surface area contributed by atoms with Crippen molar-refractivity contribution in [3.63, 3.8) is 0 Å². The Kier molecular flexibility index (Phi) is 3.90. The van der Waals surface area contributed by atoms with E-state index < -0.39 is 11.2 Å². The molecule has 1 aliphatic rings. The molecule has 1 atom stereocenters. The lowest BCUT2D eigenvalue weighted by molar-refractivity contribution is 0.0775. The van der Waals surface area contributed by atoms with Crippen molar-refractivity contribution in [1.82, 2.24) is 23.8 Å². The summed E-state index contributed by atoms with van der Waals surface area (Å²) >= 11 is 0. The highest BCUT2D eigenvalue weighted by molar-refractivity contribution is 5.92. The van der Waals surface area contributed by atoms with Gasteiger partial charge in [0.25, 0.3) is 11.5 Å². The van der Waals surface area contributed by atoms with Crippen LogP contribution in [-0.2, 0) is 14.1 Å². The quantitative estimate of drug-likeness (QED) is 0.775. The van der Waals surface area contributed by atoms with Crippen LogP contribution in [0.25, 0.3) is 0 Å². The van der Waals surface area contributed by atoms with Crippen LogP contribution in [0.4, 0.5) is 0 Å². The van der Waals surface area contributed by atoms with Gasteiger partial charge in [-0.2, -0.15) is 5.10 Å². The monoisotopic (exact) mass is 331 g/mol. The van der Waals surface area contributed by atoms with Crippen LogP contribution in [0.5, 0.6) is 0 Å². The molecule has 1 fully saturated rings. The molecule has 8 heteroatoms. The molecular formula is C16H21N5O3. The maximum Gasteiger partial charge on any atom is 0.331 e. The third kappa shape index (κ3) is 2.57. The molecule has 1 aliphatic heterocycles. The van der Waals surface area contributed by atoms with E-state index in [1.165, 1.54) is 24.7 Å². The summed E-state index contributed by atoms with van der Waals surface area (Å²) < 4.78 is 4.16. The fourth-order valence-corrected chi connectivity index (χ4v) is 3.24. The van der Waals surface area contributed by atoms with Gasteiger partial charge in [0.15, 0.2) is 0 Å². The van der Waals surface area contributed by atoms with Crippen LogP contribution in [0.2, 0.25) is 0 Å². The topological polar surface area (TPSA) is 82.1 Å². The SMILES string of the molecule is Cc1cc(C)n([C@H]2CCN(C(=O)c3cc(=O)n(C)c(=O)n3C)C2)n1. The normalized spacial score (nSPS) is 17.5. The van der Waals surface area contributed by atoms with Crippen molar-refractivity contribution < 1.29 is 4.79 Å². The van der Waals surface area contributed by atoms with E-state index in [9.17, 15) is 14.4 Å². The van der Waals surface area contributed by atoms with Crippen molar-refractivity contribution in [3.05, 3.63) is 50.1 Å². The molecule has 0 saturated carbocycles. The van der Waals surface area contributed by atoms with E-state index in [0.29, 0.717) is 13.1 Å². The van der Waals surface area contributed by atoms with E-state index in [1.807, 2.05) is 24.6 Å². The predicted molar refractivity (Wildman–Crippen MR) is 88.2 cm³/mol. The third-order valence-electron chi connectivity index (χ3n) is 4.59. The first-order chi connectivity index (χ1) is 11.3. The number of amides is 1. The van der Waals surface area contributed by atoms with Crippen LogP contribution >= 0.6 is 0 Å². The molecule has 3 rings (SSSR count). The highest BCUT2D eigenvalue weighted by atomic mass is 16.2. The minimum Gasteiger partial charge on any atom is -0.335 e. The third-order valence-corrected chi connectivity index (χ3v) is 4.59. The van der Waals surface area contributed by atoms with Crippen LogP contribution in [-0.4, -0.2) is 42.8 Å². The average molecular weight is 331 g/mol. The molecule has 1 amide bonds. The zero-order valence-corrected chi connectivity index (χ0v) is 14.3. The number of hydrogen-bond donors (Lipinski definition) is 0. The van der Waals surface area contributed by atoms with Gasteiger partial charge in [-0.25, -0.2) is 4.79 Å². The number of aromatic nitrogens is 4. The number of rotatable bonds is 2. The molecule has 2 aromatic rings. The summed E-state index contributed by atoms with van der Waals surface area (Å²) in [5.41, 5.74) is 1.16. The molecule has 0 aromatic carbocycles. The van der Waals surface area contributed by atoms with E-state index in [0.717, 1.165) is 22.4 Å². The van der Waals surface area contributed by atoms with Crippen molar-refractivity contribution in [3.8, 4) is 0 Å². The summed E-state index contributed by atoms with van der Waals surface area (Å²) in [4.78, 5) is 38.2. The van der Waals surface area contributed by atoms with Gasteiger partial charge in [-0.05, 0) is 26.3 Å². The van der Waals surface area contributed by atoms with Crippen LogP contribution in [0, 0.1) is 13.8 Å². The summed E-state index contributed by atoms with van der Waals surface area (Å²) in [6, 6.07) is 3.35. The number of carbonyl (C=O) groups excluding carboxylic acids is 1. The van der Waals surface area contributed by atoms with Gasteiger partial charge in [0.05, 0.1) is 11.7 Å². The maximum atomic E-state index is 12.7. The lowest BCUT2D eigenvalue weighted by atomic mass is 10.2. The van der Waals surface area contributed by atoms with Crippen LogP contribution in [0.3, 0.4) is 0 Å². The van der Waals surface area contributed by atoms with Crippen molar-refractivity contribution in [1.29, 1.82) is 0 Å². The minimum absolute atomic E-state index is 0.117. The Morgan fingerprint density at radius 3 is 2.50 bits per heavy atom. The van der Waals surface area contributed by atoms with Crippen LogP contribution < -0.4 is 11.2 Å². The second kappa shape index (κ2) is 5.77. The zero-order chi connectivity index (χ0) is 17.6. The number of hydrogen-bond acceptors (Lipinski definition) is 4. The Bertz CT molecular complexity index is 921. The van der Waals surface area contributed by atoms with E-state index in [1.54, 1.807) is 4.90 Å². The molecule has 1 saturated heterocycles. The first kappa shape index (κ1) is 16.2. The molecule has 0 unspecified atom stereocenters. The van der Waals surface area contributed by atoms with Gasteiger partial charge in [0.2, 0.25) is 0 Å². The van der Waals surface area contributed by atoms with Gasteiger partial charge >= 0.3 is 5.69 Å². The lowest BCUT2D eigenvalue weighted by Gasteiger charge is -2.19. The van der Waals surface area contributed by atoms with Gasteiger partial charge in [-0.15, -0.1) is 0 Å². The summed E-state index contributed by atoms with van der Waals surface area (Å²) in [6.45, 7) is 5.03. The molecule has 0 aliphatic carbocycles. The first-order valence-electron chi connectivity index (χ1n) is 7.88. The Morgan fingerprint density at radius 2 is 1.88 bits per heavy atom. The maximum absolute atomic E-state index is 12.7. The van der Waals surface area contributed by atoms with Crippen LogP contribution in [0.15, 0.2) is 21.7 Å². The van der Waals surface area contributed by atoms with Crippen molar-refractivity contribution in [2.45, 2.75) is 26.3 Å². The van der Waals surface area contributed by atoms with E-state index in [2.05, 4.69) is 5.10 Å². The number of nitrogens with zero attached hydrogens (tertiary/aromatic N) is 5. The summed E-state index contributed by atoms with van der Waals surface area (Å²) in [6.07, 6.45) is 0.798. The second-order valence-corrected chi connectivity index (χ2v) is 6.33. The molecule has 0 bridgehead atoms. The molecular weight excluding hydrogens is 310 g/mol. The fraction of sp³-hybridized carbons (Fsp3) is 0.500. The summed E-state index contributed by atoms with van der Waals surface area (Å²) in [5.74, 6) is -0.295. The molecule has 3 heterocycles. The van der Waals surface area contributed by atoms with Crippen molar-refractivity contribution in [2.24, 2.45) is 14.1 Å². The predicted octanol–water partition coefficient (Wildman–Crippen LogP) is -0.0155. The van der Waals surface area contributed by atoms with Gasteiger partial charge in [-0.3, -0.25) is 23.4 Å². The summed E-state index contributed by atoms with van der Waals surface area (Å²) in [5, 5.41) is 4.49. The molecule has 24 heavy (non-hydrogen) atoms. The lowest BCUT2D eigenvalue weighted by Crippen LogP contribution is -2.42. The Hall–Kier alpha value is -2.64. The molecule has 0 radical (unpaired) electrons. The van der Waals surface area contributed by atoms with Gasteiger partial charge < -0.3 is 4.90 Å². The highest BCUT2D eigenvalue weighted by Gasteiger charge is 2.30. The van der Waals surface area contributed by atoms with Gasteiger partial charge in [-0.1, -0.05) is 0 Å². The number of carbonyl (C=O) groups is 1. The fourth-order valence-electron chi connectivity index (χ4n) is 3.24. The van der Waals surface area contributed by atoms with E-state index in [4.69, 9.17) is 0 Å². The molecule has 128 valence electrons. The molecule has 2 aromatic heterocycles. The van der Waals surface area contributed by atoms with Gasteiger partial charge in [0, 0.05) is 38.9 Å². The second-order valence-electron chi connectivity index (χ2n) is 6.33. The Labute approximate surface area is 138 Å². The number of aryl methyl sites for hydroxylation is 2. The molecule has 0 N–H and O–H groups in total. The Morgan fingerprint density at radius 1 is 1.17 bits per heavy atom. The van der Waals surface area contributed by atoms with Crippen molar-refractivity contribution >= 4 is 5.91 Å². The van der Waals surface area contributed by atoms with Crippen molar-refractivity contribution in [2.75, 3.05) is 13.1 Å². The molecule has 8 nitrogen and oxygen atoms in total. The first-order valence-corrected chi connectivity index (χ1v) is 7.88. The van der Waals surface area contributed by atoms with E-state index >= 15 is 0 Å². The number of likely N-dealkylation sites (tertiary alicyclic amines) is 1. The zero-order valence-electron chi connectivity index (χ0n) is 14.3. The smallest absolute Gasteiger partial charge is 0.331 e. The largest absolute Gasteiger partial charge is 0.335 e. The standard InChI is InChI=1S/C16H21N5O3/c1-10-7-11(2)21(17-10)12-5-6-20(9-12)15(23)13-8-14(22)19(4)16(24)18(13)3/h7-8,12H,5-6,9H2,1-4H3/t12-/m0/s1. The molecule has 0 spiro atoms. The minimum atomic E-state index is -0.500. The van der Waals surface area contributed by atoms with Crippen LogP contribution in [0.1, 0.15) is 34.3 Å². The highest BCUT2D eigenvalue weighted by Crippen LogP contribution is 2.24.